The number of aryl methyl sites for hydroxylation is 1. The molecular weight excluding hydrogens is 455 g/mol. The number of carbonyl (C=O) groups is 1. The van der Waals surface area contributed by atoms with E-state index < -0.39 is 33.0 Å². The number of nitrogens with two attached hydrogens (primary N) is 1. The molecule has 0 fully saturated rings. The lowest BCUT2D eigenvalue weighted by Gasteiger charge is -2.32. The van der Waals surface area contributed by atoms with Crippen molar-refractivity contribution in [3.8, 4) is 5.75 Å². The van der Waals surface area contributed by atoms with Crippen molar-refractivity contribution in [1.82, 2.24) is 14.9 Å². The Morgan fingerprint density at radius 2 is 2.00 bits per heavy atom. The van der Waals surface area contributed by atoms with Crippen LogP contribution in [0.2, 0.25) is 0 Å². The molecule has 0 aliphatic carbocycles. The van der Waals surface area contributed by atoms with Gasteiger partial charge in [-0.3, -0.25) is 4.79 Å². The van der Waals surface area contributed by atoms with Gasteiger partial charge >= 0.3 is 5.76 Å². The van der Waals surface area contributed by atoms with Gasteiger partial charge in [0.1, 0.15) is 22.0 Å². The second kappa shape index (κ2) is 8.79. The fourth-order valence-electron chi connectivity index (χ4n) is 3.65. The summed E-state index contributed by atoms with van der Waals surface area (Å²) in [7, 11) is -3.23. The highest BCUT2D eigenvalue weighted by Gasteiger charge is 2.45. The highest BCUT2D eigenvalue weighted by atomic mass is 32.2. The zero-order valence-electron chi connectivity index (χ0n) is 18.4. The van der Waals surface area contributed by atoms with Gasteiger partial charge in [-0.25, -0.2) is 22.7 Å². The lowest BCUT2D eigenvalue weighted by molar-refractivity contribution is 0.0999. The number of carbonyl (C=O) groups excluding carboxylic acids is 1. The van der Waals surface area contributed by atoms with Gasteiger partial charge in [-0.2, -0.15) is 4.72 Å². The number of benzene rings is 2. The second-order valence-corrected chi connectivity index (χ2v) is 9.03. The van der Waals surface area contributed by atoms with E-state index in [1.165, 1.54) is 25.3 Å². The van der Waals surface area contributed by atoms with Crippen LogP contribution in [0, 0.1) is 19.7 Å². The van der Waals surface area contributed by atoms with E-state index in [-0.39, 0.29) is 34.1 Å². The highest BCUT2D eigenvalue weighted by Crippen LogP contribution is 2.38. The van der Waals surface area contributed by atoms with Crippen LogP contribution in [0.3, 0.4) is 0 Å². The molecular formula is C21H23FN4O6S. The molecule has 0 bridgehead atoms. The van der Waals surface area contributed by atoms with E-state index in [1.807, 2.05) is 0 Å². The maximum Gasteiger partial charge on any atom is 0.434 e. The molecule has 33 heavy (non-hydrogen) atoms. The van der Waals surface area contributed by atoms with Gasteiger partial charge in [-0.1, -0.05) is 13.0 Å². The lowest BCUT2D eigenvalue weighted by Crippen LogP contribution is -2.48. The van der Waals surface area contributed by atoms with Crippen molar-refractivity contribution in [1.29, 1.82) is 0 Å². The average molecular weight is 479 g/mol. The van der Waals surface area contributed by atoms with Crippen LogP contribution in [-0.4, -0.2) is 31.6 Å². The average Bonchev–Trinajstić information content (AvgIpc) is 3.21. The monoisotopic (exact) mass is 478 g/mol. The fourth-order valence-corrected chi connectivity index (χ4v) is 5.20. The van der Waals surface area contributed by atoms with Gasteiger partial charge in [-0.05, 0) is 55.7 Å². The molecule has 0 aliphatic rings. The summed E-state index contributed by atoms with van der Waals surface area (Å²) in [6, 6.07) is 6.29. The third-order valence-electron chi connectivity index (χ3n) is 5.49. The van der Waals surface area contributed by atoms with E-state index in [0.717, 1.165) is 6.07 Å². The predicted molar refractivity (Wildman–Crippen MR) is 116 cm³/mol. The summed E-state index contributed by atoms with van der Waals surface area (Å²) in [5.41, 5.74) is 4.50. The maximum atomic E-state index is 15.2. The van der Waals surface area contributed by atoms with Crippen LogP contribution in [0.4, 0.5) is 4.39 Å². The van der Waals surface area contributed by atoms with Crippen LogP contribution in [0.25, 0.3) is 0 Å². The Bertz CT molecular complexity index is 1380. The largest absolute Gasteiger partial charge is 0.495 e. The second-order valence-electron chi connectivity index (χ2n) is 7.38. The smallest absolute Gasteiger partial charge is 0.434 e. The summed E-state index contributed by atoms with van der Waals surface area (Å²) >= 11 is 0. The van der Waals surface area contributed by atoms with Crippen molar-refractivity contribution in [2.24, 2.45) is 5.73 Å². The van der Waals surface area contributed by atoms with Gasteiger partial charge in [0.05, 0.1) is 7.11 Å². The Labute approximate surface area is 189 Å². The first-order valence-corrected chi connectivity index (χ1v) is 11.3. The highest BCUT2D eigenvalue weighted by molar-refractivity contribution is 7.89. The molecule has 12 heteroatoms. The first-order valence-electron chi connectivity index (χ1n) is 9.80. The number of halogens is 1. The van der Waals surface area contributed by atoms with Crippen LogP contribution < -0.4 is 20.9 Å². The van der Waals surface area contributed by atoms with Crippen molar-refractivity contribution in [3.63, 3.8) is 0 Å². The Balaban J connectivity index is 2.29. The van der Waals surface area contributed by atoms with Gasteiger partial charge < -0.3 is 14.9 Å². The summed E-state index contributed by atoms with van der Waals surface area (Å²) in [5, 5.41) is 5.91. The lowest BCUT2D eigenvalue weighted by atomic mass is 9.83. The van der Waals surface area contributed by atoms with Crippen LogP contribution in [0.1, 0.15) is 46.3 Å². The zero-order valence-corrected chi connectivity index (χ0v) is 19.2. The minimum atomic E-state index is -4.46. The van der Waals surface area contributed by atoms with E-state index in [1.54, 1.807) is 26.8 Å². The molecule has 1 heterocycles. The van der Waals surface area contributed by atoms with Crippen molar-refractivity contribution in [2.45, 2.75) is 37.6 Å². The standard InChI is InChI=1S/C21H23FN4O6S/c1-5-21(19-24-25-20(28)32-19,17-12(3)11(2)6-8-14(17)22)26-33(29,30)16-9-7-13(18(23)27)10-15(16)31-4/h6-10,26H,5H2,1-4H3,(H2,23,27)(H,25,28). The van der Waals surface area contributed by atoms with E-state index in [9.17, 15) is 18.0 Å². The van der Waals surface area contributed by atoms with E-state index in [2.05, 4.69) is 14.9 Å². The van der Waals surface area contributed by atoms with Crippen molar-refractivity contribution in [3.05, 3.63) is 74.8 Å². The molecule has 3 rings (SSSR count). The number of sulfonamides is 1. The Morgan fingerprint density at radius 3 is 2.55 bits per heavy atom. The number of primary amides is 1. The Morgan fingerprint density at radius 1 is 1.30 bits per heavy atom. The molecule has 0 saturated heterocycles. The van der Waals surface area contributed by atoms with E-state index in [4.69, 9.17) is 14.9 Å². The number of aromatic nitrogens is 2. The van der Waals surface area contributed by atoms with Gasteiger partial charge in [0.25, 0.3) is 0 Å². The third kappa shape index (κ3) is 4.26. The first-order chi connectivity index (χ1) is 15.5. The summed E-state index contributed by atoms with van der Waals surface area (Å²) in [6.45, 7) is 4.95. The van der Waals surface area contributed by atoms with Crippen molar-refractivity contribution >= 4 is 15.9 Å². The van der Waals surface area contributed by atoms with Crippen molar-refractivity contribution < 1.29 is 26.8 Å². The van der Waals surface area contributed by atoms with Gasteiger partial charge in [0, 0.05) is 11.1 Å². The summed E-state index contributed by atoms with van der Waals surface area (Å²) in [6.07, 6.45) is -0.0665. The number of H-pyrrole nitrogens is 1. The minimum Gasteiger partial charge on any atom is -0.495 e. The molecule has 1 aromatic heterocycles. The molecule has 0 aliphatic heterocycles. The molecule has 0 spiro atoms. The van der Waals surface area contributed by atoms with Crippen LogP contribution in [-0.2, 0) is 15.6 Å². The molecule has 1 atom stereocenters. The molecule has 0 radical (unpaired) electrons. The summed E-state index contributed by atoms with van der Waals surface area (Å²) < 4.78 is 55.0. The molecule has 2 aromatic carbocycles. The third-order valence-corrected chi connectivity index (χ3v) is 7.03. The maximum absolute atomic E-state index is 15.2. The summed E-state index contributed by atoms with van der Waals surface area (Å²) in [4.78, 5) is 22.9. The van der Waals surface area contributed by atoms with Crippen molar-refractivity contribution in [2.75, 3.05) is 7.11 Å². The Kier molecular flexibility index (Phi) is 6.43. The number of amides is 1. The topological polar surface area (TPSA) is 157 Å². The number of rotatable bonds is 8. The molecule has 1 unspecified atom stereocenters. The first kappa shape index (κ1) is 24.1. The predicted octanol–water partition coefficient (Wildman–Crippen LogP) is 1.86. The van der Waals surface area contributed by atoms with Crippen LogP contribution in [0.5, 0.6) is 5.75 Å². The van der Waals surface area contributed by atoms with Gasteiger partial charge in [0.2, 0.25) is 21.8 Å². The molecule has 3 aromatic rings. The minimum absolute atomic E-state index is 0.0337. The number of nitrogens with zero attached hydrogens (tertiary/aromatic N) is 1. The normalized spacial score (nSPS) is 13.5. The zero-order chi connectivity index (χ0) is 24.6. The molecule has 4 N–H and O–H groups in total. The molecule has 10 nitrogen and oxygen atoms in total. The van der Waals surface area contributed by atoms with Crippen LogP contribution >= 0.6 is 0 Å². The number of methoxy groups -OCH3 is 1. The number of hydrogen-bond acceptors (Lipinski definition) is 7. The SMILES string of the molecule is CCC(NS(=O)(=O)c1ccc(C(N)=O)cc1OC)(c1n[nH]c(=O)o1)c1c(F)ccc(C)c1C. The molecule has 1 amide bonds. The van der Waals surface area contributed by atoms with Crippen LogP contribution in [0.15, 0.2) is 44.4 Å². The fraction of sp³-hybridized carbons (Fsp3) is 0.286. The number of aromatic amines is 1. The Hall–Kier alpha value is -3.51. The molecule has 0 saturated carbocycles. The van der Waals surface area contributed by atoms with E-state index in [0.29, 0.717) is 11.1 Å². The molecule has 176 valence electrons. The van der Waals surface area contributed by atoms with E-state index >= 15 is 4.39 Å². The number of ether oxygens (including phenoxy) is 1. The quantitative estimate of drug-likeness (QED) is 0.446. The summed E-state index contributed by atoms with van der Waals surface area (Å²) in [5.74, 6) is -2.95. The van der Waals surface area contributed by atoms with Gasteiger partial charge in [0.15, 0.2) is 0 Å². The number of hydrogen-bond donors (Lipinski definition) is 3. The number of nitrogens with one attached hydrogen (secondary N) is 2. The van der Waals surface area contributed by atoms with Gasteiger partial charge in [-0.15, -0.1) is 5.10 Å².